The van der Waals surface area contributed by atoms with Gasteiger partial charge in [0.15, 0.2) is 8.32 Å². The molecule has 0 aromatic heterocycles. The standard InChI is InChI=1S/C18H27N3O4SSi/c1-18(2,3)27(4,5)24-11-13-15(14(20-21-19)17(23)26-13)25-16(22)12-9-7-6-8-10-12/h6-10,13-15,17,23H,11H2,1-5H3/t13-,14-,15-,17?/m1/s1. The Morgan fingerprint density at radius 3 is 2.52 bits per heavy atom. The van der Waals surface area contributed by atoms with E-state index in [1.165, 1.54) is 11.8 Å². The Morgan fingerprint density at radius 1 is 1.33 bits per heavy atom. The van der Waals surface area contributed by atoms with Crippen molar-refractivity contribution >= 4 is 26.0 Å². The fraction of sp³-hybridized carbons (Fsp3) is 0.611. The largest absolute Gasteiger partial charge is 0.457 e. The van der Waals surface area contributed by atoms with Gasteiger partial charge < -0.3 is 14.3 Å². The molecule has 27 heavy (non-hydrogen) atoms. The van der Waals surface area contributed by atoms with Crippen molar-refractivity contribution in [1.82, 2.24) is 0 Å². The third kappa shape index (κ3) is 5.27. The molecule has 1 saturated heterocycles. The zero-order valence-electron chi connectivity index (χ0n) is 16.3. The third-order valence-corrected chi connectivity index (χ3v) is 11.0. The van der Waals surface area contributed by atoms with Crippen LogP contribution < -0.4 is 0 Å². The van der Waals surface area contributed by atoms with Gasteiger partial charge in [0.25, 0.3) is 0 Å². The van der Waals surface area contributed by atoms with E-state index in [-0.39, 0.29) is 10.3 Å². The average Bonchev–Trinajstić information content (AvgIpc) is 2.89. The molecule has 1 aromatic rings. The topological polar surface area (TPSA) is 105 Å². The fourth-order valence-corrected chi connectivity index (χ4v) is 4.85. The van der Waals surface area contributed by atoms with E-state index in [0.29, 0.717) is 12.2 Å². The van der Waals surface area contributed by atoms with Crippen LogP contribution in [-0.2, 0) is 9.16 Å². The lowest BCUT2D eigenvalue weighted by Crippen LogP contribution is -2.44. The summed E-state index contributed by atoms with van der Waals surface area (Å²) in [5.74, 6) is -0.509. The predicted octanol–water partition coefficient (Wildman–Crippen LogP) is 4.35. The number of rotatable bonds is 6. The van der Waals surface area contributed by atoms with Crippen LogP contribution in [0.4, 0.5) is 0 Å². The molecule has 4 atom stereocenters. The van der Waals surface area contributed by atoms with Crippen molar-refractivity contribution in [3.63, 3.8) is 0 Å². The molecule has 1 heterocycles. The molecular weight excluding hydrogens is 382 g/mol. The Morgan fingerprint density at radius 2 is 1.96 bits per heavy atom. The highest BCUT2D eigenvalue weighted by molar-refractivity contribution is 8.00. The van der Waals surface area contributed by atoms with Gasteiger partial charge in [0.1, 0.15) is 17.6 Å². The molecule has 1 N–H and O–H groups in total. The van der Waals surface area contributed by atoms with Gasteiger partial charge in [-0.2, -0.15) is 0 Å². The van der Waals surface area contributed by atoms with Gasteiger partial charge in [0, 0.05) is 11.5 Å². The van der Waals surface area contributed by atoms with E-state index >= 15 is 0 Å². The second-order valence-corrected chi connectivity index (χ2v) is 14.2. The number of nitrogens with zero attached hydrogens (tertiary/aromatic N) is 3. The lowest BCUT2D eigenvalue weighted by Gasteiger charge is -2.37. The van der Waals surface area contributed by atoms with E-state index in [0.717, 1.165) is 0 Å². The lowest BCUT2D eigenvalue weighted by atomic mass is 10.1. The molecule has 0 saturated carbocycles. The summed E-state index contributed by atoms with van der Waals surface area (Å²) in [6.07, 6.45) is -0.752. The van der Waals surface area contributed by atoms with Crippen molar-refractivity contribution in [2.45, 2.75) is 61.7 Å². The predicted molar refractivity (Wildman–Crippen MR) is 109 cm³/mol. The summed E-state index contributed by atoms with van der Waals surface area (Å²) < 4.78 is 11.9. The second-order valence-electron chi connectivity index (χ2n) is 8.07. The maximum Gasteiger partial charge on any atom is 0.338 e. The molecule has 0 spiro atoms. The Kier molecular flexibility index (Phi) is 6.99. The monoisotopic (exact) mass is 409 g/mol. The van der Waals surface area contributed by atoms with Gasteiger partial charge in [0.2, 0.25) is 0 Å². The van der Waals surface area contributed by atoms with Gasteiger partial charge in [-0.25, -0.2) is 4.79 Å². The molecule has 0 amide bonds. The first kappa shape index (κ1) is 21.8. The number of thioether (sulfide) groups is 1. The highest BCUT2D eigenvalue weighted by atomic mass is 32.2. The van der Waals surface area contributed by atoms with Crippen LogP contribution in [0, 0.1) is 0 Å². The Labute approximate surface area is 165 Å². The van der Waals surface area contributed by atoms with E-state index in [1.54, 1.807) is 24.3 Å². The number of aliphatic hydroxyl groups is 1. The minimum absolute atomic E-state index is 0.0370. The number of carbonyl (C=O) groups excluding carboxylic acids is 1. The summed E-state index contributed by atoms with van der Waals surface area (Å²) in [4.78, 5) is 15.3. The van der Waals surface area contributed by atoms with Crippen LogP contribution in [0.5, 0.6) is 0 Å². The molecule has 9 heteroatoms. The van der Waals surface area contributed by atoms with E-state index in [1.807, 2.05) is 6.07 Å². The zero-order chi connectivity index (χ0) is 20.2. The highest BCUT2D eigenvalue weighted by Crippen LogP contribution is 2.41. The summed E-state index contributed by atoms with van der Waals surface area (Å²) in [6.45, 7) is 11.0. The first-order valence-corrected chi connectivity index (χ1v) is 12.7. The molecule has 0 bridgehead atoms. The summed E-state index contributed by atoms with van der Waals surface area (Å²) in [5, 5.41) is 13.7. The second kappa shape index (κ2) is 8.66. The Balaban J connectivity index is 2.17. The van der Waals surface area contributed by atoms with Gasteiger partial charge in [-0.3, -0.25) is 0 Å². The normalized spacial score (nSPS) is 25.7. The number of benzene rings is 1. The van der Waals surface area contributed by atoms with Crippen molar-refractivity contribution in [3.05, 3.63) is 46.3 Å². The zero-order valence-corrected chi connectivity index (χ0v) is 18.1. The lowest BCUT2D eigenvalue weighted by molar-refractivity contribution is 0.0166. The molecule has 1 aromatic carbocycles. The van der Waals surface area contributed by atoms with Crippen LogP contribution >= 0.6 is 11.8 Å². The molecule has 1 aliphatic heterocycles. The minimum Gasteiger partial charge on any atom is -0.457 e. The number of hydrogen-bond acceptors (Lipinski definition) is 6. The fourth-order valence-electron chi connectivity index (χ4n) is 2.45. The average molecular weight is 410 g/mol. The molecule has 2 rings (SSSR count). The van der Waals surface area contributed by atoms with Crippen LogP contribution in [0.3, 0.4) is 0 Å². The summed E-state index contributed by atoms with van der Waals surface area (Å²) in [7, 11) is -2.01. The highest BCUT2D eigenvalue weighted by Gasteiger charge is 2.47. The van der Waals surface area contributed by atoms with Crippen LogP contribution in [0.15, 0.2) is 35.4 Å². The molecule has 148 valence electrons. The van der Waals surface area contributed by atoms with Gasteiger partial charge in [-0.05, 0) is 35.8 Å². The maximum atomic E-state index is 12.5. The molecule has 7 nitrogen and oxygen atoms in total. The quantitative estimate of drug-likeness (QED) is 0.247. The van der Waals surface area contributed by atoms with Gasteiger partial charge >= 0.3 is 5.97 Å². The van der Waals surface area contributed by atoms with Crippen LogP contribution in [-0.4, -0.2) is 48.8 Å². The van der Waals surface area contributed by atoms with E-state index in [9.17, 15) is 9.90 Å². The first-order valence-electron chi connectivity index (χ1n) is 8.84. The Bertz CT molecular complexity index is 704. The molecule has 0 aliphatic carbocycles. The smallest absolute Gasteiger partial charge is 0.338 e. The van der Waals surface area contributed by atoms with Crippen molar-refractivity contribution in [2.75, 3.05) is 6.61 Å². The molecule has 0 radical (unpaired) electrons. The number of hydrogen-bond donors (Lipinski definition) is 1. The number of azide groups is 1. The SMILES string of the molecule is CC(C)(C)[Si](C)(C)OC[C@H]1SC(O)[C@H](N=[N+]=[N-])[C@@H]1OC(=O)c1ccccc1. The first-order chi connectivity index (χ1) is 12.6. The van der Waals surface area contributed by atoms with Gasteiger partial charge in [-0.1, -0.05) is 44.1 Å². The van der Waals surface area contributed by atoms with E-state index in [4.69, 9.17) is 14.7 Å². The summed E-state index contributed by atoms with van der Waals surface area (Å²) in [5.41, 5.74) is 8.31. The number of aliphatic hydroxyl groups excluding tert-OH is 1. The third-order valence-electron chi connectivity index (χ3n) is 5.16. The van der Waals surface area contributed by atoms with Crippen molar-refractivity contribution < 1.29 is 19.1 Å². The van der Waals surface area contributed by atoms with Crippen molar-refractivity contribution in [2.24, 2.45) is 5.11 Å². The van der Waals surface area contributed by atoms with E-state index in [2.05, 4.69) is 43.9 Å². The minimum atomic E-state index is -2.01. The Hall–Kier alpha value is -1.51. The molecule has 1 unspecified atom stereocenters. The van der Waals surface area contributed by atoms with Gasteiger partial charge in [0.05, 0.1) is 10.8 Å². The van der Waals surface area contributed by atoms with Crippen molar-refractivity contribution in [1.29, 1.82) is 0 Å². The molecular formula is C18H27N3O4SSi. The van der Waals surface area contributed by atoms with Crippen LogP contribution in [0.1, 0.15) is 31.1 Å². The molecule has 1 fully saturated rings. The number of carbonyl (C=O) groups is 1. The summed E-state index contributed by atoms with van der Waals surface area (Å²) in [6, 6.07) is 7.77. The molecule has 1 aliphatic rings. The number of ether oxygens (including phenoxy) is 1. The summed E-state index contributed by atoms with van der Waals surface area (Å²) >= 11 is 1.22. The van der Waals surface area contributed by atoms with E-state index < -0.39 is 31.9 Å². The number of esters is 1. The maximum absolute atomic E-state index is 12.5. The van der Waals surface area contributed by atoms with Crippen LogP contribution in [0.2, 0.25) is 18.1 Å². The van der Waals surface area contributed by atoms with Gasteiger partial charge in [-0.15, -0.1) is 11.8 Å². The van der Waals surface area contributed by atoms with Crippen molar-refractivity contribution in [3.8, 4) is 0 Å². The van der Waals surface area contributed by atoms with Crippen LogP contribution in [0.25, 0.3) is 10.4 Å².